The topological polar surface area (TPSA) is 102 Å². The van der Waals surface area contributed by atoms with Crippen molar-refractivity contribution < 1.29 is 19.8 Å². The van der Waals surface area contributed by atoms with E-state index in [0.717, 1.165) is 16.5 Å². The molecule has 0 spiro atoms. The molecule has 1 amide bonds. The zero-order chi connectivity index (χ0) is 18.5. The third-order valence-corrected chi connectivity index (χ3v) is 4.35. The second-order valence-electron chi connectivity index (χ2n) is 6.15. The summed E-state index contributed by atoms with van der Waals surface area (Å²) in [6, 6.07) is 13.4. The smallest absolute Gasteiger partial charge is 0.326 e. The van der Waals surface area contributed by atoms with E-state index in [2.05, 4.69) is 10.3 Å². The summed E-state index contributed by atoms with van der Waals surface area (Å²) in [5, 5.41) is 22.7. The number of aromatic hydroxyl groups is 1. The predicted octanol–water partition coefficient (Wildman–Crippen LogP) is 2.62. The Labute approximate surface area is 150 Å². The Hall–Kier alpha value is -3.28. The molecule has 0 saturated carbocycles. The number of H-pyrrole nitrogens is 1. The Bertz CT molecular complexity index is 932. The van der Waals surface area contributed by atoms with E-state index in [1.54, 1.807) is 30.5 Å². The minimum Gasteiger partial charge on any atom is -0.508 e. The third-order valence-electron chi connectivity index (χ3n) is 4.35. The number of aryl methyl sites for hydroxylation is 1. The fraction of sp³-hybridized carbons (Fsp3) is 0.200. The van der Waals surface area contributed by atoms with Gasteiger partial charge in [0.15, 0.2) is 0 Å². The summed E-state index contributed by atoms with van der Waals surface area (Å²) in [6.45, 7) is 0. The first-order valence-corrected chi connectivity index (χ1v) is 8.38. The Morgan fingerprint density at radius 3 is 2.54 bits per heavy atom. The van der Waals surface area contributed by atoms with Gasteiger partial charge in [0.1, 0.15) is 11.8 Å². The maximum Gasteiger partial charge on any atom is 0.326 e. The van der Waals surface area contributed by atoms with Crippen molar-refractivity contribution in [1.82, 2.24) is 10.3 Å². The summed E-state index contributed by atoms with van der Waals surface area (Å²) < 4.78 is 0. The van der Waals surface area contributed by atoms with Crippen LogP contribution in [0.25, 0.3) is 10.9 Å². The van der Waals surface area contributed by atoms with Gasteiger partial charge in [-0.3, -0.25) is 4.79 Å². The number of hydrogen-bond donors (Lipinski definition) is 4. The Morgan fingerprint density at radius 2 is 1.77 bits per heavy atom. The molecule has 0 saturated heterocycles. The molecule has 134 valence electrons. The van der Waals surface area contributed by atoms with Gasteiger partial charge in [0, 0.05) is 29.9 Å². The van der Waals surface area contributed by atoms with E-state index >= 15 is 0 Å². The number of hydrogen-bond acceptors (Lipinski definition) is 3. The predicted molar refractivity (Wildman–Crippen MR) is 98.0 cm³/mol. The molecule has 1 heterocycles. The van der Waals surface area contributed by atoms with Crippen LogP contribution in [-0.4, -0.2) is 33.1 Å². The molecule has 0 unspecified atom stereocenters. The molecule has 0 aliphatic heterocycles. The number of benzene rings is 2. The van der Waals surface area contributed by atoms with E-state index in [9.17, 15) is 19.8 Å². The van der Waals surface area contributed by atoms with Gasteiger partial charge < -0.3 is 20.5 Å². The van der Waals surface area contributed by atoms with Crippen molar-refractivity contribution in [3.63, 3.8) is 0 Å². The first-order valence-electron chi connectivity index (χ1n) is 8.38. The number of rotatable bonds is 7. The molecule has 0 aliphatic rings. The van der Waals surface area contributed by atoms with Gasteiger partial charge in [0.25, 0.3) is 0 Å². The quantitative estimate of drug-likeness (QED) is 0.525. The highest BCUT2D eigenvalue weighted by molar-refractivity contribution is 5.86. The number of carboxylic acids is 1. The molecule has 6 heteroatoms. The monoisotopic (exact) mass is 352 g/mol. The maximum atomic E-state index is 12.2. The van der Waals surface area contributed by atoms with Crippen LogP contribution in [0.4, 0.5) is 0 Å². The number of carbonyl (C=O) groups is 2. The Morgan fingerprint density at radius 1 is 1.04 bits per heavy atom. The van der Waals surface area contributed by atoms with Gasteiger partial charge in [0.05, 0.1) is 0 Å². The van der Waals surface area contributed by atoms with Gasteiger partial charge in [-0.25, -0.2) is 4.79 Å². The molecule has 0 aliphatic carbocycles. The standard InChI is InChI=1S/C20H20N2O4/c23-18-8-4-1-5-13(18)9-10-19(24)22-17(20(25)26)11-14-12-21-16-7-3-2-6-15(14)16/h1-8,12,17,21,23H,9-11H2,(H,22,24)(H,25,26)/t17-/m0/s1. The SMILES string of the molecule is O=C(CCc1ccccc1O)N[C@@H](Cc1c[nH]c2ccccc12)C(=O)O. The highest BCUT2D eigenvalue weighted by Gasteiger charge is 2.21. The van der Waals surface area contributed by atoms with E-state index in [4.69, 9.17) is 0 Å². The number of fused-ring (bicyclic) bond motifs is 1. The van der Waals surface area contributed by atoms with Gasteiger partial charge in [-0.1, -0.05) is 36.4 Å². The summed E-state index contributed by atoms with van der Waals surface area (Å²) in [7, 11) is 0. The highest BCUT2D eigenvalue weighted by atomic mass is 16.4. The lowest BCUT2D eigenvalue weighted by atomic mass is 10.0. The molecule has 3 aromatic rings. The Balaban J connectivity index is 1.64. The van der Waals surface area contributed by atoms with Crippen molar-refractivity contribution in [1.29, 1.82) is 0 Å². The van der Waals surface area contributed by atoms with Gasteiger partial charge in [0.2, 0.25) is 5.91 Å². The maximum absolute atomic E-state index is 12.2. The van der Waals surface area contributed by atoms with Crippen molar-refractivity contribution in [2.24, 2.45) is 0 Å². The summed E-state index contributed by atoms with van der Waals surface area (Å²) >= 11 is 0. The van der Waals surface area contributed by atoms with Crippen molar-refractivity contribution in [3.8, 4) is 5.75 Å². The molecule has 1 atom stereocenters. The lowest BCUT2D eigenvalue weighted by Crippen LogP contribution is -2.42. The number of para-hydroxylation sites is 2. The average molecular weight is 352 g/mol. The highest BCUT2D eigenvalue weighted by Crippen LogP contribution is 2.20. The summed E-state index contributed by atoms with van der Waals surface area (Å²) in [5.74, 6) is -1.31. The lowest BCUT2D eigenvalue weighted by Gasteiger charge is -2.14. The fourth-order valence-corrected chi connectivity index (χ4v) is 2.96. The first kappa shape index (κ1) is 17.5. The van der Waals surface area contributed by atoms with Crippen LogP contribution in [0.5, 0.6) is 5.75 Å². The van der Waals surface area contributed by atoms with Crippen LogP contribution < -0.4 is 5.32 Å². The van der Waals surface area contributed by atoms with Gasteiger partial charge in [-0.05, 0) is 29.7 Å². The van der Waals surface area contributed by atoms with Crippen LogP contribution in [0, 0.1) is 0 Å². The molecule has 6 nitrogen and oxygen atoms in total. The zero-order valence-electron chi connectivity index (χ0n) is 14.1. The van der Waals surface area contributed by atoms with Crippen molar-refractivity contribution in [2.75, 3.05) is 0 Å². The normalized spacial score (nSPS) is 12.0. The summed E-state index contributed by atoms with van der Waals surface area (Å²) in [4.78, 5) is 26.8. The summed E-state index contributed by atoms with van der Waals surface area (Å²) in [6.07, 6.45) is 2.42. The molecule has 4 N–H and O–H groups in total. The number of phenols is 1. The number of carbonyl (C=O) groups excluding carboxylic acids is 1. The van der Waals surface area contributed by atoms with Crippen LogP contribution in [0.2, 0.25) is 0 Å². The number of aromatic amines is 1. The molecule has 26 heavy (non-hydrogen) atoms. The minimum atomic E-state index is -1.08. The molecular formula is C20H20N2O4. The number of aromatic nitrogens is 1. The summed E-state index contributed by atoms with van der Waals surface area (Å²) in [5.41, 5.74) is 2.43. The number of aliphatic carboxylic acids is 1. The van der Waals surface area contributed by atoms with Gasteiger partial charge in [-0.15, -0.1) is 0 Å². The van der Waals surface area contributed by atoms with Crippen LogP contribution in [0.1, 0.15) is 17.5 Å². The third kappa shape index (κ3) is 4.03. The molecule has 0 bridgehead atoms. The van der Waals surface area contributed by atoms with Crippen molar-refractivity contribution in [2.45, 2.75) is 25.3 Å². The fourth-order valence-electron chi connectivity index (χ4n) is 2.96. The van der Waals surface area contributed by atoms with Crippen molar-refractivity contribution >= 4 is 22.8 Å². The van der Waals surface area contributed by atoms with E-state index in [0.29, 0.717) is 12.0 Å². The van der Waals surface area contributed by atoms with E-state index < -0.39 is 12.0 Å². The molecule has 0 fully saturated rings. The van der Waals surface area contributed by atoms with Crippen LogP contribution >= 0.6 is 0 Å². The largest absolute Gasteiger partial charge is 0.508 e. The van der Waals surface area contributed by atoms with Gasteiger partial charge >= 0.3 is 5.97 Å². The number of amides is 1. The van der Waals surface area contributed by atoms with Gasteiger partial charge in [-0.2, -0.15) is 0 Å². The molecule has 2 aromatic carbocycles. The molecular weight excluding hydrogens is 332 g/mol. The molecule has 1 aromatic heterocycles. The second-order valence-corrected chi connectivity index (χ2v) is 6.15. The average Bonchev–Trinajstić information content (AvgIpc) is 3.03. The minimum absolute atomic E-state index is 0.106. The van der Waals surface area contributed by atoms with E-state index in [1.165, 1.54) is 0 Å². The number of phenolic OH excluding ortho intramolecular Hbond substituents is 1. The van der Waals surface area contributed by atoms with Crippen LogP contribution in [0.15, 0.2) is 54.7 Å². The number of nitrogens with one attached hydrogen (secondary N) is 2. The number of carboxylic acid groups (broad SMARTS) is 1. The second kappa shape index (κ2) is 7.74. The lowest BCUT2D eigenvalue weighted by molar-refractivity contribution is -0.141. The Kier molecular flexibility index (Phi) is 5.22. The zero-order valence-corrected chi connectivity index (χ0v) is 14.1. The van der Waals surface area contributed by atoms with Crippen LogP contribution in [0.3, 0.4) is 0 Å². The van der Waals surface area contributed by atoms with Crippen molar-refractivity contribution in [3.05, 3.63) is 65.9 Å². The van der Waals surface area contributed by atoms with E-state index in [1.807, 2.05) is 24.3 Å². The van der Waals surface area contributed by atoms with Crippen LogP contribution in [-0.2, 0) is 22.4 Å². The molecule has 0 radical (unpaired) electrons. The first-order chi connectivity index (χ1) is 12.5. The molecule has 3 rings (SSSR count). The van der Waals surface area contributed by atoms with E-state index in [-0.39, 0.29) is 24.5 Å².